The van der Waals surface area contributed by atoms with E-state index in [9.17, 15) is 4.79 Å². The quantitative estimate of drug-likeness (QED) is 0.698. The van der Waals surface area contributed by atoms with Crippen molar-refractivity contribution in [2.24, 2.45) is 11.1 Å². The molecular formula is C13H27NO3. The molecule has 0 aliphatic carbocycles. The fraction of sp³-hybridized carbons (Fsp3) is 0.923. The smallest absolute Gasteiger partial charge is 0.307 e. The first kappa shape index (κ1) is 16.4. The van der Waals surface area contributed by atoms with Crippen LogP contribution < -0.4 is 5.73 Å². The second-order valence-electron chi connectivity index (χ2n) is 5.69. The molecule has 2 N–H and O–H groups in total. The first-order chi connectivity index (χ1) is 7.74. The zero-order valence-corrected chi connectivity index (χ0v) is 11.8. The molecule has 0 heterocycles. The van der Waals surface area contributed by atoms with E-state index in [1.54, 1.807) is 0 Å². The van der Waals surface area contributed by atoms with E-state index in [-0.39, 0.29) is 30.0 Å². The topological polar surface area (TPSA) is 61.5 Å². The lowest BCUT2D eigenvalue weighted by Crippen LogP contribution is -2.31. The van der Waals surface area contributed by atoms with Crippen molar-refractivity contribution < 1.29 is 14.3 Å². The minimum atomic E-state index is -0.242. The van der Waals surface area contributed by atoms with Crippen LogP contribution in [0.3, 0.4) is 0 Å². The van der Waals surface area contributed by atoms with Crippen LogP contribution in [0, 0.1) is 5.41 Å². The summed E-state index contributed by atoms with van der Waals surface area (Å²) in [7, 11) is 0. The molecule has 0 spiro atoms. The molecule has 0 radical (unpaired) electrons. The Hall–Kier alpha value is -0.610. The fourth-order valence-electron chi connectivity index (χ4n) is 1.66. The molecule has 2 unspecified atom stereocenters. The predicted octanol–water partition coefficient (Wildman–Crippen LogP) is 2.11. The number of nitrogens with two attached hydrogens (primary N) is 1. The summed E-state index contributed by atoms with van der Waals surface area (Å²) in [5.74, 6) is -0.242. The van der Waals surface area contributed by atoms with E-state index in [1.807, 2.05) is 13.8 Å². The van der Waals surface area contributed by atoms with Crippen LogP contribution in [0.25, 0.3) is 0 Å². The van der Waals surface area contributed by atoms with Crippen molar-refractivity contribution in [1.29, 1.82) is 0 Å². The van der Waals surface area contributed by atoms with Crippen molar-refractivity contribution >= 4 is 5.97 Å². The minimum Gasteiger partial charge on any atom is -0.460 e. The number of hydrogen-bond acceptors (Lipinski definition) is 4. The first-order valence-corrected chi connectivity index (χ1v) is 6.27. The predicted molar refractivity (Wildman–Crippen MR) is 68.7 cm³/mol. The largest absolute Gasteiger partial charge is 0.460 e. The average Bonchev–Trinajstić information content (AvgIpc) is 2.10. The second-order valence-corrected chi connectivity index (χ2v) is 5.69. The Bertz CT molecular complexity index is 223. The third kappa shape index (κ3) is 10.3. The van der Waals surface area contributed by atoms with Crippen molar-refractivity contribution in [2.75, 3.05) is 13.2 Å². The monoisotopic (exact) mass is 245 g/mol. The fourth-order valence-corrected chi connectivity index (χ4v) is 1.66. The van der Waals surface area contributed by atoms with E-state index >= 15 is 0 Å². The van der Waals surface area contributed by atoms with Gasteiger partial charge >= 0.3 is 5.97 Å². The SMILES string of the molecule is CCOCC(C)OC(=O)CC(N)CC(C)(C)C. The first-order valence-electron chi connectivity index (χ1n) is 6.27. The maximum Gasteiger partial charge on any atom is 0.307 e. The van der Waals surface area contributed by atoms with Crippen LogP contribution in [0.4, 0.5) is 0 Å². The Morgan fingerprint density at radius 1 is 1.35 bits per heavy atom. The van der Waals surface area contributed by atoms with E-state index in [2.05, 4.69) is 20.8 Å². The maximum absolute atomic E-state index is 11.6. The highest BCUT2D eigenvalue weighted by Gasteiger charge is 2.19. The molecule has 0 rings (SSSR count). The molecule has 102 valence electrons. The molecule has 0 aliphatic rings. The minimum absolute atomic E-state index is 0.136. The summed E-state index contributed by atoms with van der Waals surface area (Å²) in [6, 6.07) is -0.137. The van der Waals surface area contributed by atoms with Gasteiger partial charge in [-0.1, -0.05) is 20.8 Å². The molecule has 0 saturated heterocycles. The molecule has 0 amide bonds. The number of carbonyl (C=O) groups excluding carboxylic acids is 1. The Balaban J connectivity index is 3.85. The van der Waals surface area contributed by atoms with E-state index in [0.29, 0.717) is 13.2 Å². The lowest BCUT2D eigenvalue weighted by molar-refractivity contribution is -0.151. The molecule has 0 fully saturated rings. The van der Waals surface area contributed by atoms with Crippen molar-refractivity contribution in [3.8, 4) is 0 Å². The van der Waals surface area contributed by atoms with Crippen LogP contribution in [0.1, 0.15) is 47.5 Å². The van der Waals surface area contributed by atoms with Gasteiger partial charge in [-0.25, -0.2) is 0 Å². The van der Waals surface area contributed by atoms with E-state index in [4.69, 9.17) is 15.2 Å². The van der Waals surface area contributed by atoms with Crippen LogP contribution in [0.5, 0.6) is 0 Å². The Morgan fingerprint density at radius 3 is 2.41 bits per heavy atom. The summed E-state index contributed by atoms with van der Waals surface area (Å²) in [4.78, 5) is 11.6. The van der Waals surface area contributed by atoms with Gasteiger partial charge in [0.05, 0.1) is 13.0 Å². The van der Waals surface area contributed by atoms with Gasteiger partial charge in [0.15, 0.2) is 0 Å². The number of ether oxygens (including phenoxy) is 2. The number of hydrogen-bond donors (Lipinski definition) is 1. The van der Waals surface area contributed by atoms with Gasteiger partial charge in [0, 0.05) is 12.6 Å². The van der Waals surface area contributed by atoms with Crippen LogP contribution >= 0.6 is 0 Å². The van der Waals surface area contributed by atoms with E-state index in [0.717, 1.165) is 6.42 Å². The highest BCUT2D eigenvalue weighted by Crippen LogP contribution is 2.21. The second kappa shape index (κ2) is 7.67. The van der Waals surface area contributed by atoms with Gasteiger partial charge in [-0.15, -0.1) is 0 Å². The molecule has 2 atom stereocenters. The Labute approximate surface area is 105 Å². The third-order valence-corrected chi connectivity index (χ3v) is 2.19. The molecule has 17 heavy (non-hydrogen) atoms. The van der Waals surface area contributed by atoms with Gasteiger partial charge in [0.2, 0.25) is 0 Å². The summed E-state index contributed by atoms with van der Waals surface area (Å²) in [6.07, 6.45) is 0.875. The van der Waals surface area contributed by atoms with Gasteiger partial charge in [-0.3, -0.25) is 4.79 Å². The lowest BCUT2D eigenvalue weighted by atomic mass is 9.87. The highest BCUT2D eigenvalue weighted by molar-refractivity contribution is 5.70. The van der Waals surface area contributed by atoms with Crippen LogP contribution in [-0.4, -0.2) is 31.3 Å². The Morgan fingerprint density at radius 2 is 1.94 bits per heavy atom. The molecule has 0 saturated carbocycles. The van der Waals surface area contributed by atoms with Gasteiger partial charge in [-0.2, -0.15) is 0 Å². The van der Waals surface area contributed by atoms with Gasteiger partial charge in [0.1, 0.15) is 6.10 Å². The van der Waals surface area contributed by atoms with Gasteiger partial charge < -0.3 is 15.2 Å². The summed E-state index contributed by atoms with van der Waals surface area (Å²) >= 11 is 0. The van der Waals surface area contributed by atoms with Crippen LogP contribution in [0.2, 0.25) is 0 Å². The van der Waals surface area contributed by atoms with Gasteiger partial charge in [-0.05, 0) is 25.7 Å². The molecule has 4 heteroatoms. The standard InChI is InChI=1S/C13H27NO3/c1-6-16-9-10(2)17-12(15)7-11(14)8-13(3,4)5/h10-11H,6-9,14H2,1-5H3. The van der Waals surface area contributed by atoms with Crippen molar-refractivity contribution in [3.63, 3.8) is 0 Å². The van der Waals surface area contributed by atoms with Gasteiger partial charge in [0.25, 0.3) is 0 Å². The normalized spacial score (nSPS) is 15.4. The maximum atomic E-state index is 11.6. The average molecular weight is 245 g/mol. The highest BCUT2D eigenvalue weighted by atomic mass is 16.6. The zero-order valence-electron chi connectivity index (χ0n) is 11.8. The van der Waals surface area contributed by atoms with Crippen molar-refractivity contribution in [3.05, 3.63) is 0 Å². The molecule has 0 aliphatic heterocycles. The third-order valence-electron chi connectivity index (χ3n) is 2.19. The number of carbonyl (C=O) groups is 1. The summed E-state index contributed by atoms with van der Waals surface area (Å²) in [5, 5.41) is 0. The summed E-state index contributed by atoms with van der Waals surface area (Å²) in [5.41, 5.74) is 6.04. The van der Waals surface area contributed by atoms with Crippen LogP contribution in [-0.2, 0) is 14.3 Å². The zero-order chi connectivity index (χ0) is 13.5. The number of esters is 1. The molecule has 0 bridgehead atoms. The van der Waals surface area contributed by atoms with Crippen LogP contribution in [0.15, 0.2) is 0 Å². The van der Waals surface area contributed by atoms with E-state index in [1.165, 1.54) is 0 Å². The summed E-state index contributed by atoms with van der Waals surface area (Å²) in [6.45, 7) is 11.1. The van der Waals surface area contributed by atoms with Crippen molar-refractivity contribution in [1.82, 2.24) is 0 Å². The molecule has 0 aromatic heterocycles. The molecule has 0 aromatic carbocycles. The molecular weight excluding hydrogens is 218 g/mol. The molecule has 4 nitrogen and oxygen atoms in total. The van der Waals surface area contributed by atoms with E-state index < -0.39 is 0 Å². The van der Waals surface area contributed by atoms with Crippen molar-refractivity contribution in [2.45, 2.75) is 59.6 Å². The lowest BCUT2D eigenvalue weighted by Gasteiger charge is -2.23. The Kier molecular flexibility index (Phi) is 7.39. The number of rotatable bonds is 7. The summed E-state index contributed by atoms with van der Waals surface area (Å²) < 4.78 is 10.4. The molecule has 0 aromatic rings.